The number of carbonyl (C=O) groups excluding carboxylic acids is 2. The zero-order valence-electron chi connectivity index (χ0n) is 17.4. The van der Waals surface area contributed by atoms with Crippen LogP contribution in [0.1, 0.15) is 0 Å². The quantitative estimate of drug-likeness (QED) is 0.289. The number of carbonyl (C=O) groups is 2. The van der Waals surface area contributed by atoms with Gasteiger partial charge in [0.1, 0.15) is 11.6 Å². The lowest BCUT2D eigenvalue weighted by Crippen LogP contribution is -2.19. The summed E-state index contributed by atoms with van der Waals surface area (Å²) in [6, 6.07) is 17.7. The van der Waals surface area contributed by atoms with E-state index in [0.29, 0.717) is 22.8 Å². The molecule has 4 aromatic rings. The summed E-state index contributed by atoms with van der Waals surface area (Å²) in [7, 11) is 1.57. The number of aromatic nitrogens is 1. The van der Waals surface area contributed by atoms with E-state index in [1.54, 1.807) is 55.6 Å². The smallest absolute Gasteiger partial charge is 0.323 e. The van der Waals surface area contributed by atoms with Crippen molar-refractivity contribution in [2.45, 2.75) is 4.34 Å². The zero-order valence-corrected chi connectivity index (χ0v) is 19.1. The number of hydrogen-bond donors (Lipinski definition) is 3. The first-order valence-electron chi connectivity index (χ1n) is 9.79. The van der Waals surface area contributed by atoms with Crippen molar-refractivity contribution in [2.24, 2.45) is 0 Å². The summed E-state index contributed by atoms with van der Waals surface area (Å²) in [5.41, 5.74) is 2.37. The summed E-state index contributed by atoms with van der Waals surface area (Å²) in [6.45, 7) is 0. The molecule has 0 spiro atoms. The molecule has 0 radical (unpaired) electrons. The van der Waals surface area contributed by atoms with Crippen molar-refractivity contribution in [1.82, 2.24) is 4.98 Å². The third kappa shape index (κ3) is 6.21. The number of urea groups is 1. The van der Waals surface area contributed by atoms with Crippen LogP contribution in [0, 0.1) is 5.82 Å². The van der Waals surface area contributed by atoms with Crippen molar-refractivity contribution >= 4 is 62.3 Å². The Morgan fingerprint density at radius 3 is 2.45 bits per heavy atom. The van der Waals surface area contributed by atoms with Gasteiger partial charge in [-0.05, 0) is 48.5 Å². The van der Waals surface area contributed by atoms with Crippen LogP contribution in [0.4, 0.5) is 26.2 Å². The number of nitrogens with zero attached hydrogens (tertiary/aromatic N) is 1. The molecule has 0 aliphatic heterocycles. The number of fused-ring (bicyclic) bond motifs is 1. The van der Waals surface area contributed by atoms with Crippen molar-refractivity contribution < 1.29 is 18.7 Å². The maximum atomic E-state index is 13.3. The number of ether oxygens (including phenoxy) is 1. The highest BCUT2D eigenvalue weighted by molar-refractivity contribution is 8.01. The van der Waals surface area contributed by atoms with Crippen LogP contribution in [0.2, 0.25) is 0 Å². The van der Waals surface area contributed by atoms with Crippen LogP contribution >= 0.6 is 23.1 Å². The average Bonchev–Trinajstić information content (AvgIpc) is 3.20. The first kappa shape index (κ1) is 22.6. The molecule has 1 aromatic heterocycles. The van der Waals surface area contributed by atoms with Gasteiger partial charge in [0.15, 0.2) is 4.34 Å². The second-order valence-corrected chi connectivity index (χ2v) is 9.07. The van der Waals surface area contributed by atoms with Gasteiger partial charge in [0.2, 0.25) is 5.91 Å². The Kier molecular flexibility index (Phi) is 7.06. The summed E-state index contributed by atoms with van der Waals surface area (Å²) >= 11 is 2.76. The van der Waals surface area contributed by atoms with E-state index in [2.05, 4.69) is 20.9 Å². The third-order valence-corrected chi connectivity index (χ3v) is 6.55. The zero-order chi connectivity index (χ0) is 23.2. The number of rotatable bonds is 7. The summed E-state index contributed by atoms with van der Waals surface area (Å²) in [6.07, 6.45) is 0. The number of thioether (sulfide) groups is 1. The molecule has 3 aromatic carbocycles. The lowest BCUT2D eigenvalue weighted by molar-refractivity contribution is -0.113. The Balaban J connectivity index is 1.34. The van der Waals surface area contributed by atoms with Crippen LogP contribution in [-0.2, 0) is 4.79 Å². The number of benzene rings is 3. The Morgan fingerprint density at radius 1 is 0.970 bits per heavy atom. The van der Waals surface area contributed by atoms with Gasteiger partial charge < -0.3 is 20.7 Å². The van der Waals surface area contributed by atoms with Gasteiger partial charge in [-0.15, -0.1) is 11.3 Å². The molecule has 0 atom stereocenters. The number of nitrogens with one attached hydrogen (secondary N) is 3. The molecular formula is C23H19FN4O3S2. The fraction of sp³-hybridized carbons (Fsp3) is 0.0870. The van der Waals surface area contributed by atoms with Gasteiger partial charge in [0.05, 0.1) is 23.1 Å². The molecule has 0 saturated heterocycles. The molecule has 3 N–H and O–H groups in total. The van der Waals surface area contributed by atoms with Crippen molar-refractivity contribution in [1.29, 1.82) is 0 Å². The van der Waals surface area contributed by atoms with Gasteiger partial charge in [-0.2, -0.15) is 0 Å². The molecule has 168 valence electrons. The first-order valence-corrected chi connectivity index (χ1v) is 11.6. The van der Waals surface area contributed by atoms with Crippen LogP contribution in [0.25, 0.3) is 10.2 Å². The van der Waals surface area contributed by atoms with Crippen LogP contribution in [0.15, 0.2) is 71.1 Å². The van der Waals surface area contributed by atoms with E-state index in [4.69, 9.17) is 4.74 Å². The predicted molar refractivity (Wildman–Crippen MR) is 131 cm³/mol. The molecule has 7 nitrogen and oxygen atoms in total. The molecule has 10 heteroatoms. The Morgan fingerprint density at radius 2 is 1.70 bits per heavy atom. The molecule has 0 unspecified atom stereocenters. The number of methoxy groups -OCH3 is 1. The second-order valence-electron chi connectivity index (χ2n) is 6.82. The molecule has 1 heterocycles. The van der Waals surface area contributed by atoms with Gasteiger partial charge in [-0.25, -0.2) is 14.2 Å². The topological polar surface area (TPSA) is 92.3 Å². The van der Waals surface area contributed by atoms with Crippen molar-refractivity contribution in [3.63, 3.8) is 0 Å². The minimum atomic E-state index is -0.478. The highest BCUT2D eigenvalue weighted by atomic mass is 32.2. The normalized spacial score (nSPS) is 10.6. The van der Waals surface area contributed by atoms with Crippen molar-refractivity contribution in [3.05, 3.63) is 72.5 Å². The van der Waals surface area contributed by atoms with Crippen LogP contribution in [-0.4, -0.2) is 29.8 Å². The molecule has 0 aliphatic carbocycles. The first-order chi connectivity index (χ1) is 16.0. The fourth-order valence-electron chi connectivity index (χ4n) is 2.93. The van der Waals surface area contributed by atoms with Crippen molar-refractivity contribution in [3.8, 4) is 5.75 Å². The van der Waals surface area contributed by atoms with Crippen LogP contribution in [0.5, 0.6) is 5.75 Å². The molecular weight excluding hydrogens is 463 g/mol. The van der Waals surface area contributed by atoms with Gasteiger partial charge in [0, 0.05) is 23.1 Å². The standard InChI is InChI=1S/C23H19FN4O3S2/c1-31-18-7-3-6-16(11-18)25-21(29)13-32-23-28-19-9-8-17(12-20(19)33-23)27-22(30)26-15-5-2-4-14(24)10-15/h2-12H,13H2,1H3,(H,25,29)(H2,26,27,30). The maximum absolute atomic E-state index is 13.3. The summed E-state index contributed by atoms with van der Waals surface area (Å²) < 4.78 is 20.0. The van der Waals surface area contributed by atoms with E-state index >= 15 is 0 Å². The molecule has 0 saturated carbocycles. The predicted octanol–water partition coefficient (Wildman–Crippen LogP) is 5.82. The molecule has 33 heavy (non-hydrogen) atoms. The van der Waals surface area contributed by atoms with E-state index in [-0.39, 0.29) is 11.7 Å². The molecule has 0 aliphatic rings. The van der Waals surface area contributed by atoms with Gasteiger partial charge in [0.25, 0.3) is 0 Å². The molecule has 4 rings (SSSR count). The largest absolute Gasteiger partial charge is 0.497 e. The monoisotopic (exact) mass is 482 g/mol. The second kappa shape index (κ2) is 10.3. The number of halogens is 1. The SMILES string of the molecule is COc1cccc(NC(=O)CSc2nc3ccc(NC(=O)Nc4cccc(F)c4)cc3s2)c1. The van der Waals surface area contributed by atoms with Gasteiger partial charge in [-0.3, -0.25) is 4.79 Å². The summed E-state index contributed by atoms with van der Waals surface area (Å²) in [5, 5.41) is 8.14. The molecule has 0 fully saturated rings. The van der Waals surface area contributed by atoms with Gasteiger partial charge >= 0.3 is 6.03 Å². The summed E-state index contributed by atoms with van der Waals surface area (Å²) in [5.74, 6) is 0.295. The Bertz CT molecular complexity index is 1310. The molecule has 3 amide bonds. The number of hydrogen-bond acceptors (Lipinski definition) is 6. The molecule has 0 bridgehead atoms. The highest BCUT2D eigenvalue weighted by Gasteiger charge is 2.10. The third-order valence-electron chi connectivity index (χ3n) is 4.39. The minimum Gasteiger partial charge on any atom is -0.497 e. The maximum Gasteiger partial charge on any atom is 0.323 e. The van der Waals surface area contributed by atoms with E-state index in [0.717, 1.165) is 14.6 Å². The van der Waals surface area contributed by atoms with Crippen LogP contribution in [0.3, 0.4) is 0 Å². The van der Waals surface area contributed by atoms with E-state index in [9.17, 15) is 14.0 Å². The fourth-order valence-corrected chi connectivity index (χ4v) is 4.84. The summed E-state index contributed by atoms with van der Waals surface area (Å²) in [4.78, 5) is 29.0. The number of amides is 3. The Labute approximate surface area is 197 Å². The van der Waals surface area contributed by atoms with E-state index in [1.165, 1.54) is 41.3 Å². The minimum absolute atomic E-state index is 0.149. The van der Waals surface area contributed by atoms with Gasteiger partial charge in [-0.1, -0.05) is 23.9 Å². The lowest BCUT2D eigenvalue weighted by Gasteiger charge is -2.07. The Hall–Kier alpha value is -3.63. The van der Waals surface area contributed by atoms with Crippen LogP contribution < -0.4 is 20.7 Å². The number of thiazole rings is 1. The van der Waals surface area contributed by atoms with Crippen molar-refractivity contribution in [2.75, 3.05) is 28.8 Å². The lowest BCUT2D eigenvalue weighted by atomic mass is 10.3. The average molecular weight is 483 g/mol. The highest BCUT2D eigenvalue weighted by Crippen LogP contribution is 2.31. The number of anilines is 3. The van der Waals surface area contributed by atoms with E-state index in [1.807, 2.05) is 0 Å². The van der Waals surface area contributed by atoms with E-state index < -0.39 is 11.8 Å².